The first-order valence-corrected chi connectivity index (χ1v) is 7.73. The van der Waals surface area contributed by atoms with E-state index in [0.717, 1.165) is 0 Å². The number of carbonyl (C=O) groups is 2. The zero-order chi connectivity index (χ0) is 16.7. The summed E-state index contributed by atoms with van der Waals surface area (Å²) in [4.78, 5) is 25.1. The molecule has 0 atom stereocenters. The first kappa shape index (κ1) is 18.4. The third kappa shape index (κ3) is 5.60. The molecule has 0 N–H and O–H groups in total. The van der Waals surface area contributed by atoms with Gasteiger partial charge in [-0.25, -0.2) is 4.39 Å². The number of esters is 1. The molecule has 4 nitrogen and oxygen atoms in total. The van der Waals surface area contributed by atoms with Crippen molar-refractivity contribution in [2.75, 3.05) is 13.2 Å². The Balaban J connectivity index is 2.84. The van der Waals surface area contributed by atoms with Crippen LogP contribution in [0.3, 0.4) is 0 Å². The average Bonchev–Trinajstić information content (AvgIpc) is 2.45. The maximum absolute atomic E-state index is 13.6. The molecule has 1 aromatic rings. The van der Waals surface area contributed by atoms with Crippen molar-refractivity contribution in [3.8, 4) is 0 Å². The van der Waals surface area contributed by atoms with Crippen molar-refractivity contribution in [2.24, 2.45) is 0 Å². The lowest BCUT2D eigenvalue weighted by Gasteiger charge is -2.24. The largest absolute Gasteiger partial charge is 0.465 e. The summed E-state index contributed by atoms with van der Waals surface area (Å²) in [6.45, 7) is 5.43. The van der Waals surface area contributed by atoms with Gasteiger partial charge in [0.1, 0.15) is 12.4 Å². The van der Waals surface area contributed by atoms with Crippen LogP contribution in [0, 0.1) is 5.82 Å². The highest BCUT2D eigenvalue weighted by molar-refractivity contribution is 9.10. The highest BCUT2D eigenvalue weighted by Crippen LogP contribution is 2.17. The van der Waals surface area contributed by atoms with Crippen molar-refractivity contribution in [2.45, 2.75) is 26.8 Å². The molecule has 0 unspecified atom stereocenters. The zero-order valence-electron chi connectivity index (χ0n) is 12.8. The van der Waals surface area contributed by atoms with Crippen LogP contribution >= 0.6 is 15.9 Å². The highest BCUT2D eigenvalue weighted by Gasteiger charge is 2.18. The van der Waals surface area contributed by atoms with Crippen molar-refractivity contribution in [1.82, 2.24) is 4.90 Å². The topological polar surface area (TPSA) is 46.6 Å². The van der Waals surface area contributed by atoms with Crippen LogP contribution in [-0.2, 0) is 14.3 Å². The summed E-state index contributed by atoms with van der Waals surface area (Å²) in [7, 11) is 0. The number of nitrogens with zero attached hydrogens (tertiary/aromatic N) is 1. The lowest BCUT2D eigenvalue weighted by atomic mass is 10.2. The molecule has 0 aliphatic carbocycles. The molecule has 1 aromatic carbocycles. The van der Waals surface area contributed by atoms with E-state index in [1.807, 2.05) is 0 Å². The summed E-state index contributed by atoms with van der Waals surface area (Å²) in [5, 5.41) is 0. The van der Waals surface area contributed by atoms with Gasteiger partial charge in [0.05, 0.1) is 6.61 Å². The van der Waals surface area contributed by atoms with Crippen LogP contribution in [0.5, 0.6) is 0 Å². The molecule has 120 valence electrons. The predicted molar refractivity (Wildman–Crippen MR) is 86.6 cm³/mol. The molecule has 0 saturated heterocycles. The van der Waals surface area contributed by atoms with Crippen LogP contribution in [0.15, 0.2) is 28.7 Å². The van der Waals surface area contributed by atoms with Gasteiger partial charge in [0.2, 0.25) is 5.91 Å². The van der Waals surface area contributed by atoms with Crippen LogP contribution < -0.4 is 0 Å². The number of amides is 1. The van der Waals surface area contributed by atoms with Gasteiger partial charge < -0.3 is 9.64 Å². The minimum absolute atomic E-state index is 0.129. The number of rotatable bonds is 6. The highest BCUT2D eigenvalue weighted by atomic mass is 79.9. The lowest BCUT2D eigenvalue weighted by Crippen LogP contribution is -2.40. The Bertz CT molecular complexity index is 573. The van der Waals surface area contributed by atoms with Crippen molar-refractivity contribution in [3.05, 3.63) is 40.1 Å². The number of ether oxygens (including phenoxy) is 1. The molecule has 0 aliphatic heterocycles. The van der Waals surface area contributed by atoms with E-state index < -0.39 is 11.8 Å². The summed E-state index contributed by atoms with van der Waals surface area (Å²) >= 11 is 3.25. The van der Waals surface area contributed by atoms with Crippen LogP contribution in [0.25, 0.3) is 6.08 Å². The van der Waals surface area contributed by atoms with E-state index in [-0.39, 0.29) is 25.1 Å². The fourth-order valence-corrected chi connectivity index (χ4v) is 2.14. The van der Waals surface area contributed by atoms with Crippen LogP contribution in [0.4, 0.5) is 4.39 Å². The molecule has 0 aromatic heterocycles. The van der Waals surface area contributed by atoms with Gasteiger partial charge in [-0.15, -0.1) is 0 Å². The van der Waals surface area contributed by atoms with Crippen molar-refractivity contribution < 1.29 is 18.7 Å². The SMILES string of the molecule is CCOC(=O)CN(C(=O)C=Cc1cc(Br)ccc1F)C(C)C. The quantitative estimate of drug-likeness (QED) is 0.568. The third-order valence-electron chi connectivity index (χ3n) is 2.87. The van der Waals surface area contributed by atoms with Gasteiger partial charge in [0.15, 0.2) is 0 Å². The zero-order valence-corrected chi connectivity index (χ0v) is 14.4. The van der Waals surface area contributed by atoms with Gasteiger partial charge in [-0.3, -0.25) is 9.59 Å². The molecule has 0 fully saturated rings. The number of benzene rings is 1. The Morgan fingerprint density at radius 2 is 2.09 bits per heavy atom. The standard InChI is InChI=1S/C16H19BrFNO3/c1-4-22-16(21)10-19(11(2)3)15(20)8-5-12-9-13(17)6-7-14(12)18/h5-9,11H,4,10H2,1-3H3. The maximum atomic E-state index is 13.6. The molecule has 22 heavy (non-hydrogen) atoms. The van der Waals surface area contributed by atoms with E-state index in [1.165, 1.54) is 23.1 Å². The molecule has 0 bridgehead atoms. The molecule has 0 heterocycles. The maximum Gasteiger partial charge on any atom is 0.325 e. The average molecular weight is 372 g/mol. The van der Waals surface area contributed by atoms with Gasteiger partial charge in [-0.1, -0.05) is 15.9 Å². The number of halogens is 2. The second kappa shape index (κ2) is 8.68. The van der Waals surface area contributed by atoms with Gasteiger partial charge >= 0.3 is 5.97 Å². The van der Waals surface area contributed by atoms with E-state index in [4.69, 9.17) is 4.74 Å². The van der Waals surface area contributed by atoms with Crippen LogP contribution in [0.2, 0.25) is 0 Å². The van der Waals surface area contributed by atoms with Gasteiger partial charge in [-0.05, 0) is 45.0 Å². The molecule has 1 amide bonds. The normalized spacial score (nSPS) is 11.0. The minimum atomic E-state index is -0.466. The Morgan fingerprint density at radius 3 is 2.68 bits per heavy atom. The first-order valence-electron chi connectivity index (χ1n) is 6.94. The van der Waals surface area contributed by atoms with Crippen LogP contribution in [0.1, 0.15) is 26.3 Å². The van der Waals surface area contributed by atoms with Gasteiger partial charge in [-0.2, -0.15) is 0 Å². The molecule has 0 radical (unpaired) electrons. The minimum Gasteiger partial charge on any atom is -0.465 e. The smallest absolute Gasteiger partial charge is 0.325 e. The van der Waals surface area contributed by atoms with Gasteiger partial charge in [0.25, 0.3) is 0 Å². The van der Waals surface area contributed by atoms with E-state index in [2.05, 4.69) is 15.9 Å². The summed E-state index contributed by atoms with van der Waals surface area (Å²) in [6, 6.07) is 4.29. The van der Waals surface area contributed by atoms with Crippen molar-refractivity contribution in [3.63, 3.8) is 0 Å². The molecule has 0 aliphatic rings. The molecule has 1 rings (SSSR count). The fourth-order valence-electron chi connectivity index (χ4n) is 1.76. The molecule has 0 saturated carbocycles. The second-order valence-electron chi connectivity index (χ2n) is 4.86. The van der Waals surface area contributed by atoms with E-state index in [1.54, 1.807) is 32.9 Å². The van der Waals surface area contributed by atoms with Crippen molar-refractivity contribution in [1.29, 1.82) is 0 Å². The summed E-state index contributed by atoms with van der Waals surface area (Å²) in [5.41, 5.74) is 0.294. The Hall–Kier alpha value is -1.69. The summed E-state index contributed by atoms with van der Waals surface area (Å²) in [5.74, 6) is -1.26. The van der Waals surface area contributed by atoms with Crippen LogP contribution in [-0.4, -0.2) is 36.0 Å². The van der Waals surface area contributed by atoms with Crippen molar-refractivity contribution >= 4 is 33.9 Å². The monoisotopic (exact) mass is 371 g/mol. The molecular weight excluding hydrogens is 353 g/mol. The predicted octanol–water partition coefficient (Wildman–Crippen LogP) is 3.40. The Morgan fingerprint density at radius 1 is 1.41 bits per heavy atom. The van der Waals surface area contributed by atoms with Gasteiger partial charge in [0, 0.05) is 22.2 Å². The Labute approximate surface area is 138 Å². The summed E-state index contributed by atoms with van der Waals surface area (Å²) < 4.78 is 19.2. The number of hydrogen-bond acceptors (Lipinski definition) is 3. The first-order chi connectivity index (χ1) is 10.3. The molecular formula is C16H19BrFNO3. The Kier molecular flexibility index (Phi) is 7.24. The second-order valence-corrected chi connectivity index (χ2v) is 5.78. The molecule has 6 heteroatoms. The van der Waals surface area contributed by atoms with E-state index in [0.29, 0.717) is 10.0 Å². The van der Waals surface area contributed by atoms with E-state index in [9.17, 15) is 14.0 Å². The molecule has 0 spiro atoms. The van der Waals surface area contributed by atoms with E-state index >= 15 is 0 Å². The fraction of sp³-hybridized carbons (Fsp3) is 0.375. The third-order valence-corrected chi connectivity index (χ3v) is 3.37. The lowest BCUT2D eigenvalue weighted by molar-refractivity contribution is -0.148. The summed E-state index contributed by atoms with van der Waals surface area (Å²) in [6.07, 6.45) is 2.65. The number of carbonyl (C=O) groups excluding carboxylic acids is 2. The number of hydrogen-bond donors (Lipinski definition) is 0.